The Labute approximate surface area is 207 Å². The van der Waals surface area contributed by atoms with E-state index < -0.39 is 0 Å². The van der Waals surface area contributed by atoms with Crippen molar-refractivity contribution in [3.05, 3.63) is 72.5 Å². The molecule has 3 aromatic heterocycles. The first-order valence-corrected chi connectivity index (χ1v) is 13.5. The zero-order valence-electron chi connectivity index (χ0n) is 17.4. The van der Waals surface area contributed by atoms with E-state index in [0.29, 0.717) is 21.3 Å². The van der Waals surface area contributed by atoms with Gasteiger partial charge in [0.15, 0.2) is 5.16 Å². The summed E-state index contributed by atoms with van der Waals surface area (Å²) in [5.74, 6) is -0.187. The van der Waals surface area contributed by atoms with Gasteiger partial charge in [-0.1, -0.05) is 29.4 Å². The molecule has 5 rings (SSSR count). The number of aromatic nitrogens is 2. The van der Waals surface area contributed by atoms with Gasteiger partial charge in [-0.15, -0.1) is 22.7 Å². The zero-order chi connectivity index (χ0) is 22.8. The topological polar surface area (TPSA) is 76.3 Å². The Morgan fingerprint density at radius 3 is 2.85 bits per heavy atom. The maximum Gasteiger partial charge on any atom is 0.267 e. The lowest BCUT2D eigenvalue weighted by atomic mass is 9.97. The van der Waals surface area contributed by atoms with Gasteiger partial charge >= 0.3 is 0 Å². The third-order valence-electron chi connectivity index (χ3n) is 5.30. The molecule has 0 fully saturated rings. The number of aryl methyl sites for hydroxylation is 2. The molecule has 1 aliphatic rings. The van der Waals surface area contributed by atoms with Crippen molar-refractivity contribution in [2.24, 2.45) is 5.10 Å². The van der Waals surface area contributed by atoms with E-state index >= 15 is 0 Å². The molecule has 3 heterocycles. The number of nitrogens with one attached hydrogen (secondary N) is 1. The minimum Gasteiger partial charge on any atom is -0.272 e. The number of hydrogen-bond acceptors (Lipinski definition) is 7. The van der Waals surface area contributed by atoms with Crippen LogP contribution in [0.4, 0.5) is 0 Å². The van der Waals surface area contributed by atoms with Crippen LogP contribution in [0.25, 0.3) is 15.9 Å². The lowest BCUT2D eigenvalue weighted by Crippen LogP contribution is -2.24. The highest BCUT2D eigenvalue weighted by molar-refractivity contribution is 7.99. The number of amides is 1. The normalized spacial score (nSPS) is 13.5. The minimum atomic E-state index is -0.268. The molecule has 0 unspecified atom stereocenters. The number of rotatable bonds is 6. The van der Waals surface area contributed by atoms with Gasteiger partial charge in [-0.25, -0.2) is 10.4 Å². The summed E-state index contributed by atoms with van der Waals surface area (Å²) in [6, 6.07) is 10.9. The molecule has 0 saturated carbocycles. The molecule has 168 valence electrons. The number of thioether (sulfide) groups is 1. The third-order valence-corrected chi connectivity index (χ3v) is 8.48. The number of fused-ring (bicyclic) bond motifs is 3. The summed E-state index contributed by atoms with van der Waals surface area (Å²) in [5.41, 5.74) is 4.25. The second kappa shape index (κ2) is 9.80. The molecule has 10 heteroatoms. The van der Waals surface area contributed by atoms with Gasteiger partial charge in [0.25, 0.3) is 11.5 Å². The number of carbonyl (C=O) groups is 1. The van der Waals surface area contributed by atoms with E-state index in [4.69, 9.17) is 16.6 Å². The fourth-order valence-electron chi connectivity index (χ4n) is 3.80. The van der Waals surface area contributed by atoms with E-state index in [1.165, 1.54) is 28.0 Å². The molecular formula is C23H19ClN4O2S3. The quantitative estimate of drug-likeness (QED) is 0.164. The van der Waals surface area contributed by atoms with Crippen molar-refractivity contribution in [1.29, 1.82) is 0 Å². The van der Waals surface area contributed by atoms with Crippen molar-refractivity contribution in [3.8, 4) is 5.69 Å². The number of nitrogens with zero attached hydrogens (tertiary/aromatic N) is 3. The van der Waals surface area contributed by atoms with Crippen LogP contribution in [0.15, 0.2) is 56.8 Å². The van der Waals surface area contributed by atoms with Gasteiger partial charge in [0.1, 0.15) is 4.83 Å². The van der Waals surface area contributed by atoms with E-state index in [0.717, 1.165) is 41.0 Å². The summed E-state index contributed by atoms with van der Waals surface area (Å²) < 4.78 is 1.59. The highest BCUT2D eigenvalue weighted by atomic mass is 35.5. The Balaban J connectivity index is 1.47. The summed E-state index contributed by atoms with van der Waals surface area (Å²) >= 11 is 10.4. The van der Waals surface area contributed by atoms with Crippen molar-refractivity contribution in [1.82, 2.24) is 15.0 Å². The van der Waals surface area contributed by atoms with Gasteiger partial charge in [0, 0.05) is 14.8 Å². The number of benzene rings is 1. The van der Waals surface area contributed by atoms with Gasteiger partial charge in [-0.2, -0.15) is 5.10 Å². The standard InChI is InChI=1S/C23H19ClN4O2S3/c24-14-7-9-15(10-8-14)28-22(30)20-17-5-1-2-6-18(17)33-21(20)26-23(28)32-13-19(29)27-25-12-16-4-3-11-31-16/h3-4,7-12H,1-2,5-6,13H2,(H,27,29). The minimum absolute atomic E-state index is 0.0818. The van der Waals surface area contributed by atoms with Crippen LogP contribution in [0, 0.1) is 0 Å². The van der Waals surface area contributed by atoms with Crippen molar-refractivity contribution in [2.75, 3.05) is 5.75 Å². The predicted molar refractivity (Wildman–Crippen MR) is 138 cm³/mol. The lowest BCUT2D eigenvalue weighted by molar-refractivity contribution is -0.118. The van der Waals surface area contributed by atoms with E-state index in [9.17, 15) is 9.59 Å². The molecule has 33 heavy (non-hydrogen) atoms. The van der Waals surface area contributed by atoms with Crippen LogP contribution in [0.2, 0.25) is 5.02 Å². The van der Waals surface area contributed by atoms with Crippen LogP contribution in [0.3, 0.4) is 0 Å². The molecule has 0 bridgehead atoms. The number of thiophene rings is 2. The Hall–Kier alpha value is -2.46. The van der Waals surface area contributed by atoms with Crippen LogP contribution in [0.1, 0.15) is 28.2 Å². The Bertz CT molecular complexity index is 1390. The summed E-state index contributed by atoms with van der Waals surface area (Å²) in [6.07, 6.45) is 5.73. The zero-order valence-corrected chi connectivity index (χ0v) is 20.6. The van der Waals surface area contributed by atoms with Crippen molar-refractivity contribution in [2.45, 2.75) is 30.8 Å². The lowest BCUT2D eigenvalue weighted by Gasteiger charge is -2.13. The van der Waals surface area contributed by atoms with E-state index in [1.807, 2.05) is 17.5 Å². The van der Waals surface area contributed by atoms with Crippen molar-refractivity contribution in [3.63, 3.8) is 0 Å². The SMILES string of the molecule is O=C(CSc1nc2sc3c(c2c(=O)n1-c1ccc(Cl)cc1)CCCC3)NN=Cc1cccs1. The van der Waals surface area contributed by atoms with Gasteiger partial charge in [-0.3, -0.25) is 14.2 Å². The van der Waals surface area contributed by atoms with Crippen molar-refractivity contribution < 1.29 is 4.79 Å². The fourth-order valence-corrected chi connectivity index (χ4v) is 6.61. The molecule has 0 aliphatic heterocycles. The first-order valence-electron chi connectivity index (χ1n) is 10.4. The summed E-state index contributed by atoms with van der Waals surface area (Å²) in [6.45, 7) is 0. The predicted octanol–water partition coefficient (Wildman–Crippen LogP) is 5.28. The van der Waals surface area contributed by atoms with Crippen LogP contribution < -0.4 is 11.0 Å². The maximum absolute atomic E-state index is 13.7. The fraction of sp³-hybridized carbons (Fsp3) is 0.217. The van der Waals surface area contributed by atoms with Gasteiger partial charge < -0.3 is 0 Å². The molecular weight excluding hydrogens is 496 g/mol. The molecule has 1 N–H and O–H groups in total. The first-order chi connectivity index (χ1) is 16.1. The molecule has 1 aromatic carbocycles. The molecule has 4 aromatic rings. The molecule has 0 radical (unpaired) electrons. The van der Waals surface area contributed by atoms with Gasteiger partial charge in [0.2, 0.25) is 0 Å². The molecule has 0 atom stereocenters. The van der Waals surface area contributed by atoms with Crippen LogP contribution in [-0.4, -0.2) is 27.4 Å². The maximum atomic E-state index is 13.7. The summed E-state index contributed by atoms with van der Waals surface area (Å²) in [4.78, 5) is 33.8. The highest BCUT2D eigenvalue weighted by Crippen LogP contribution is 2.35. The summed E-state index contributed by atoms with van der Waals surface area (Å²) in [7, 11) is 0. The van der Waals surface area contributed by atoms with E-state index in [2.05, 4.69) is 10.5 Å². The van der Waals surface area contributed by atoms with E-state index in [-0.39, 0.29) is 17.2 Å². The number of halogens is 1. The second-order valence-corrected chi connectivity index (χ2v) is 10.9. The average Bonchev–Trinajstić information content (AvgIpc) is 3.46. The van der Waals surface area contributed by atoms with Crippen LogP contribution in [-0.2, 0) is 17.6 Å². The van der Waals surface area contributed by atoms with Crippen LogP contribution >= 0.6 is 46.0 Å². The largest absolute Gasteiger partial charge is 0.272 e. The van der Waals surface area contributed by atoms with Gasteiger partial charge in [-0.05, 0) is 67.0 Å². The number of hydrazone groups is 1. The monoisotopic (exact) mass is 514 g/mol. The van der Waals surface area contributed by atoms with E-state index in [1.54, 1.807) is 46.4 Å². The molecule has 0 spiro atoms. The third kappa shape index (κ3) is 4.77. The molecule has 1 aliphatic carbocycles. The summed E-state index contributed by atoms with van der Waals surface area (Å²) in [5, 5.41) is 7.72. The molecule has 1 amide bonds. The Kier molecular flexibility index (Phi) is 6.64. The average molecular weight is 515 g/mol. The second-order valence-electron chi connectivity index (χ2n) is 7.50. The highest BCUT2D eigenvalue weighted by Gasteiger charge is 2.23. The van der Waals surface area contributed by atoms with Crippen LogP contribution in [0.5, 0.6) is 0 Å². The first kappa shape index (κ1) is 22.3. The molecule has 0 saturated heterocycles. The smallest absolute Gasteiger partial charge is 0.267 e. The van der Waals surface area contributed by atoms with Crippen molar-refractivity contribution >= 4 is 68.4 Å². The van der Waals surface area contributed by atoms with Gasteiger partial charge in [0.05, 0.1) is 23.0 Å². The Morgan fingerprint density at radius 1 is 1.24 bits per heavy atom. The number of carbonyl (C=O) groups excluding carboxylic acids is 1. The Morgan fingerprint density at radius 2 is 2.06 bits per heavy atom. The number of hydrogen-bond donors (Lipinski definition) is 1. The molecule has 6 nitrogen and oxygen atoms in total.